The minimum absolute atomic E-state index is 0.285. The van der Waals surface area contributed by atoms with Crippen molar-refractivity contribution in [1.82, 2.24) is 15.0 Å². The number of pyridine rings is 1. The number of hydrogen-bond donors (Lipinski definition) is 0. The van der Waals surface area contributed by atoms with Crippen molar-refractivity contribution in [3.05, 3.63) is 48.8 Å². The van der Waals surface area contributed by atoms with E-state index in [-0.39, 0.29) is 4.90 Å². The van der Waals surface area contributed by atoms with Crippen LogP contribution >= 0.6 is 0 Å². The van der Waals surface area contributed by atoms with Crippen LogP contribution in [0.4, 0.5) is 0 Å². The molecule has 0 unspecified atom stereocenters. The van der Waals surface area contributed by atoms with Gasteiger partial charge in [0.15, 0.2) is 15.5 Å². The molecule has 0 fully saturated rings. The molecule has 0 saturated heterocycles. The van der Waals surface area contributed by atoms with Crippen LogP contribution in [0.3, 0.4) is 0 Å². The molecule has 2 heterocycles. The van der Waals surface area contributed by atoms with E-state index in [4.69, 9.17) is 0 Å². The Morgan fingerprint density at radius 3 is 2.45 bits per heavy atom. The van der Waals surface area contributed by atoms with Gasteiger partial charge in [-0.1, -0.05) is 12.1 Å². The molecule has 3 rings (SSSR count). The van der Waals surface area contributed by atoms with Crippen molar-refractivity contribution in [1.29, 1.82) is 0 Å². The smallest absolute Gasteiger partial charge is 0.178 e. The van der Waals surface area contributed by atoms with E-state index < -0.39 is 9.84 Å². The first-order chi connectivity index (χ1) is 9.54. The van der Waals surface area contributed by atoms with Gasteiger partial charge in [0.25, 0.3) is 0 Å². The molecular formula is C14H11N3O2S. The second kappa shape index (κ2) is 4.64. The molecule has 0 aliphatic carbocycles. The lowest BCUT2D eigenvalue weighted by Gasteiger charge is -2.03. The van der Waals surface area contributed by atoms with Gasteiger partial charge in [-0.05, 0) is 24.3 Å². The van der Waals surface area contributed by atoms with Crippen molar-refractivity contribution >= 4 is 21.0 Å². The van der Waals surface area contributed by atoms with Crippen molar-refractivity contribution in [3.63, 3.8) is 0 Å². The first-order valence-corrected chi connectivity index (χ1v) is 7.81. The molecule has 0 bridgehead atoms. The lowest BCUT2D eigenvalue weighted by atomic mass is 10.1. The Bertz CT molecular complexity index is 874. The topological polar surface area (TPSA) is 72.8 Å². The molecule has 6 heteroatoms. The third kappa shape index (κ3) is 2.37. The van der Waals surface area contributed by atoms with E-state index in [0.29, 0.717) is 11.3 Å². The summed E-state index contributed by atoms with van der Waals surface area (Å²) in [6.45, 7) is 0. The first kappa shape index (κ1) is 12.7. The van der Waals surface area contributed by atoms with E-state index in [1.54, 1.807) is 42.7 Å². The summed E-state index contributed by atoms with van der Waals surface area (Å²) < 4.78 is 22.8. The summed E-state index contributed by atoms with van der Waals surface area (Å²) in [5.41, 5.74) is 2.76. The molecule has 0 aliphatic heterocycles. The van der Waals surface area contributed by atoms with Crippen LogP contribution in [0.2, 0.25) is 0 Å². The Morgan fingerprint density at radius 2 is 1.75 bits per heavy atom. The molecule has 0 radical (unpaired) electrons. The van der Waals surface area contributed by atoms with Crippen molar-refractivity contribution in [2.75, 3.05) is 6.26 Å². The van der Waals surface area contributed by atoms with Crippen LogP contribution in [0.25, 0.3) is 22.4 Å². The number of nitrogens with zero attached hydrogens (tertiary/aromatic N) is 3. The van der Waals surface area contributed by atoms with Crippen LogP contribution in [-0.2, 0) is 9.84 Å². The van der Waals surface area contributed by atoms with Crippen molar-refractivity contribution in [2.45, 2.75) is 4.90 Å². The maximum atomic E-state index is 11.4. The zero-order valence-corrected chi connectivity index (χ0v) is 11.5. The van der Waals surface area contributed by atoms with Crippen LogP contribution in [0.5, 0.6) is 0 Å². The Morgan fingerprint density at radius 1 is 1.00 bits per heavy atom. The fraction of sp³-hybridized carbons (Fsp3) is 0.0714. The van der Waals surface area contributed by atoms with Gasteiger partial charge >= 0.3 is 0 Å². The van der Waals surface area contributed by atoms with Gasteiger partial charge in [0.1, 0.15) is 5.52 Å². The molecule has 0 saturated carbocycles. The molecule has 3 aromatic rings. The lowest BCUT2D eigenvalue weighted by Crippen LogP contribution is -1.96. The van der Waals surface area contributed by atoms with Crippen LogP contribution in [0.15, 0.2) is 53.7 Å². The summed E-state index contributed by atoms with van der Waals surface area (Å²) in [7, 11) is -3.18. The Labute approximate surface area is 116 Å². The Balaban J connectivity index is 2.07. The van der Waals surface area contributed by atoms with E-state index in [1.807, 2.05) is 6.07 Å². The average Bonchev–Trinajstić information content (AvgIpc) is 2.46. The number of hydrogen-bond acceptors (Lipinski definition) is 5. The van der Waals surface area contributed by atoms with Gasteiger partial charge in [0, 0.05) is 18.0 Å². The van der Waals surface area contributed by atoms with Crippen LogP contribution in [0, 0.1) is 0 Å². The molecule has 20 heavy (non-hydrogen) atoms. The predicted octanol–water partition coefficient (Wildman–Crippen LogP) is 2.10. The molecule has 0 atom stereocenters. The predicted molar refractivity (Wildman–Crippen MR) is 75.9 cm³/mol. The zero-order chi connectivity index (χ0) is 14.2. The molecular weight excluding hydrogens is 274 g/mol. The zero-order valence-electron chi connectivity index (χ0n) is 10.7. The van der Waals surface area contributed by atoms with Crippen molar-refractivity contribution in [2.24, 2.45) is 0 Å². The molecule has 2 aromatic heterocycles. The minimum atomic E-state index is -3.18. The SMILES string of the molecule is CS(=O)(=O)c1ccc(-c2cnc3cccnc3n2)cc1. The molecule has 5 nitrogen and oxygen atoms in total. The average molecular weight is 285 g/mol. The second-order valence-electron chi connectivity index (χ2n) is 4.40. The van der Waals surface area contributed by atoms with Gasteiger partial charge in [-0.3, -0.25) is 4.98 Å². The highest BCUT2D eigenvalue weighted by Gasteiger charge is 2.08. The van der Waals surface area contributed by atoms with Gasteiger partial charge in [0.2, 0.25) is 0 Å². The molecule has 1 aromatic carbocycles. The fourth-order valence-electron chi connectivity index (χ4n) is 1.86. The molecule has 0 amide bonds. The van der Waals surface area contributed by atoms with E-state index in [9.17, 15) is 8.42 Å². The molecule has 0 spiro atoms. The number of sulfone groups is 1. The summed E-state index contributed by atoms with van der Waals surface area (Å²) in [5, 5.41) is 0. The normalized spacial score (nSPS) is 11.7. The summed E-state index contributed by atoms with van der Waals surface area (Å²) in [6, 6.07) is 10.2. The van der Waals surface area contributed by atoms with E-state index in [2.05, 4.69) is 15.0 Å². The summed E-state index contributed by atoms with van der Waals surface area (Å²) in [4.78, 5) is 13.1. The van der Waals surface area contributed by atoms with Gasteiger partial charge < -0.3 is 0 Å². The van der Waals surface area contributed by atoms with Gasteiger partial charge in [0.05, 0.1) is 16.8 Å². The van der Waals surface area contributed by atoms with E-state index in [1.165, 1.54) is 6.26 Å². The Kier molecular flexibility index (Phi) is 2.94. The maximum Gasteiger partial charge on any atom is 0.178 e. The highest BCUT2D eigenvalue weighted by Crippen LogP contribution is 2.20. The number of benzene rings is 1. The Hall–Kier alpha value is -2.34. The first-order valence-electron chi connectivity index (χ1n) is 5.92. The third-order valence-corrected chi connectivity index (χ3v) is 4.03. The summed E-state index contributed by atoms with van der Waals surface area (Å²) in [6.07, 6.45) is 4.49. The minimum Gasteiger partial charge on any atom is -0.251 e. The largest absolute Gasteiger partial charge is 0.251 e. The highest BCUT2D eigenvalue weighted by molar-refractivity contribution is 7.90. The third-order valence-electron chi connectivity index (χ3n) is 2.90. The van der Waals surface area contributed by atoms with Gasteiger partial charge in [-0.2, -0.15) is 0 Å². The maximum absolute atomic E-state index is 11.4. The number of aromatic nitrogens is 3. The molecule has 100 valence electrons. The van der Waals surface area contributed by atoms with Crippen molar-refractivity contribution < 1.29 is 8.42 Å². The van der Waals surface area contributed by atoms with E-state index in [0.717, 1.165) is 11.1 Å². The number of fused-ring (bicyclic) bond motifs is 1. The standard InChI is InChI=1S/C14H11N3O2S/c1-20(18,19)11-6-4-10(5-7-11)13-9-16-12-3-2-8-15-14(12)17-13/h2-9H,1H3. The van der Waals surface area contributed by atoms with Crippen molar-refractivity contribution in [3.8, 4) is 11.3 Å². The summed E-state index contributed by atoms with van der Waals surface area (Å²) in [5.74, 6) is 0. The van der Waals surface area contributed by atoms with Gasteiger partial charge in [-0.25, -0.2) is 18.4 Å². The lowest BCUT2D eigenvalue weighted by molar-refractivity contribution is 0.602. The van der Waals surface area contributed by atoms with Crippen LogP contribution in [0.1, 0.15) is 0 Å². The molecule has 0 N–H and O–H groups in total. The quantitative estimate of drug-likeness (QED) is 0.721. The monoisotopic (exact) mass is 285 g/mol. The number of rotatable bonds is 2. The fourth-order valence-corrected chi connectivity index (χ4v) is 2.49. The van der Waals surface area contributed by atoms with Crippen LogP contribution < -0.4 is 0 Å². The van der Waals surface area contributed by atoms with Gasteiger partial charge in [-0.15, -0.1) is 0 Å². The summed E-state index contributed by atoms with van der Waals surface area (Å²) >= 11 is 0. The van der Waals surface area contributed by atoms with Crippen LogP contribution in [-0.4, -0.2) is 29.6 Å². The second-order valence-corrected chi connectivity index (χ2v) is 6.41. The highest BCUT2D eigenvalue weighted by atomic mass is 32.2. The van der Waals surface area contributed by atoms with E-state index >= 15 is 0 Å². The molecule has 0 aliphatic rings.